The Morgan fingerprint density at radius 1 is 1.26 bits per heavy atom. The summed E-state index contributed by atoms with van der Waals surface area (Å²) in [6, 6.07) is 4.31. The molecule has 0 bridgehead atoms. The molecule has 1 aliphatic rings. The fourth-order valence-corrected chi connectivity index (χ4v) is 6.19. The lowest BCUT2D eigenvalue weighted by Gasteiger charge is -2.32. The Bertz CT molecular complexity index is 1590. The molecule has 0 saturated heterocycles. The maximum atomic E-state index is 15.9. The highest BCUT2D eigenvalue weighted by Gasteiger charge is 2.32. The van der Waals surface area contributed by atoms with E-state index in [-0.39, 0.29) is 27.8 Å². The Balaban J connectivity index is 1.56. The number of pyridine rings is 1. The SMILES string of the molecule is CCc1nocc1C(=O)N[C@H](c1nc2c(F)c(-c3cnccc3S(C)(=N)=O)ccc2[nH]1)[C@H]1CC[C@H](C)CC1. The van der Waals surface area contributed by atoms with Crippen molar-refractivity contribution in [1.82, 2.24) is 25.4 Å². The second kappa shape index (κ2) is 10.3. The van der Waals surface area contributed by atoms with Gasteiger partial charge in [-0.05, 0) is 49.3 Å². The van der Waals surface area contributed by atoms with Gasteiger partial charge in [0, 0.05) is 29.8 Å². The van der Waals surface area contributed by atoms with Crippen LogP contribution in [0.4, 0.5) is 4.39 Å². The zero-order chi connectivity index (χ0) is 27.0. The minimum absolute atomic E-state index is 0.113. The number of carbonyl (C=O) groups excluding carboxylic acids is 1. The number of hydrogen-bond donors (Lipinski definition) is 3. The van der Waals surface area contributed by atoms with E-state index in [4.69, 9.17) is 9.30 Å². The number of hydrogen-bond acceptors (Lipinski definition) is 7. The number of nitrogens with one attached hydrogen (secondary N) is 3. The molecular weight excluding hydrogens is 507 g/mol. The van der Waals surface area contributed by atoms with Crippen LogP contribution in [-0.2, 0) is 16.1 Å². The van der Waals surface area contributed by atoms with Crippen molar-refractivity contribution in [3.8, 4) is 11.1 Å². The average Bonchev–Trinajstić information content (AvgIpc) is 3.55. The van der Waals surface area contributed by atoms with Crippen molar-refractivity contribution < 1.29 is 17.9 Å². The summed E-state index contributed by atoms with van der Waals surface area (Å²) in [6.45, 7) is 4.13. The number of fused-ring (bicyclic) bond motifs is 1. The van der Waals surface area contributed by atoms with Crippen LogP contribution in [0, 0.1) is 22.4 Å². The maximum Gasteiger partial charge on any atom is 0.257 e. The predicted octanol–water partition coefficient (Wildman–Crippen LogP) is 5.65. The summed E-state index contributed by atoms with van der Waals surface area (Å²) >= 11 is 0. The van der Waals surface area contributed by atoms with E-state index in [1.165, 1.54) is 31.0 Å². The molecule has 3 N–H and O–H groups in total. The Morgan fingerprint density at radius 3 is 2.74 bits per heavy atom. The summed E-state index contributed by atoms with van der Waals surface area (Å²) < 4.78 is 41.5. The van der Waals surface area contributed by atoms with Gasteiger partial charge >= 0.3 is 0 Å². The standard InChI is InChI=1S/C27H31FN6O3S/c1-4-20-19(14-37-34-20)27(35)33-24(16-7-5-15(2)6-8-16)26-31-21-10-9-17(23(28)25(21)32-26)18-13-30-12-11-22(18)38(3,29)36/h9-16,24,29H,4-8H2,1-3H3,(H,31,32)(H,33,35)/t15-,16-,24-,38?/m0/s1. The number of aromatic nitrogens is 4. The van der Waals surface area contributed by atoms with Crippen molar-refractivity contribution >= 4 is 26.7 Å². The molecule has 1 amide bonds. The number of carbonyl (C=O) groups is 1. The lowest BCUT2D eigenvalue weighted by molar-refractivity contribution is 0.0903. The first kappa shape index (κ1) is 26.0. The average molecular weight is 539 g/mol. The Hall–Kier alpha value is -3.60. The van der Waals surface area contributed by atoms with Crippen molar-refractivity contribution in [2.45, 2.75) is 56.9 Å². The van der Waals surface area contributed by atoms with E-state index in [0.29, 0.717) is 40.5 Å². The molecule has 2 atom stereocenters. The van der Waals surface area contributed by atoms with Gasteiger partial charge < -0.3 is 14.8 Å². The van der Waals surface area contributed by atoms with Gasteiger partial charge in [-0.1, -0.05) is 31.8 Å². The second-order valence-corrected chi connectivity index (χ2v) is 12.3. The topological polar surface area (TPSA) is 138 Å². The minimum atomic E-state index is -3.11. The fourth-order valence-electron chi connectivity index (χ4n) is 5.29. The summed E-state index contributed by atoms with van der Waals surface area (Å²) in [7, 11) is -3.11. The molecule has 0 aliphatic heterocycles. The number of halogens is 1. The van der Waals surface area contributed by atoms with E-state index < -0.39 is 21.6 Å². The Morgan fingerprint density at radius 2 is 2.03 bits per heavy atom. The second-order valence-electron chi connectivity index (χ2n) is 10.2. The first-order valence-electron chi connectivity index (χ1n) is 12.8. The monoisotopic (exact) mass is 538 g/mol. The van der Waals surface area contributed by atoms with E-state index in [1.54, 1.807) is 12.1 Å². The number of benzene rings is 1. The van der Waals surface area contributed by atoms with Crippen molar-refractivity contribution in [3.05, 3.63) is 59.8 Å². The summed E-state index contributed by atoms with van der Waals surface area (Å²) in [4.78, 5) is 25.4. The summed E-state index contributed by atoms with van der Waals surface area (Å²) in [5.41, 5.74) is 2.02. The van der Waals surface area contributed by atoms with E-state index in [0.717, 1.165) is 25.7 Å². The minimum Gasteiger partial charge on any atom is -0.364 e. The van der Waals surface area contributed by atoms with E-state index in [9.17, 15) is 9.00 Å². The number of aryl methyl sites for hydroxylation is 1. The first-order valence-corrected chi connectivity index (χ1v) is 14.7. The molecule has 1 aromatic carbocycles. The molecule has 4 aromatic rings. The van der Waals surface area contributed by atoms with Gasteiger partial charge in [-0.3, -0.25) is 9.78 Å². The molecular formula is C27H31FN6O3S. The quantitative estimate of drug-likeness (QED) is 0.278. The summed E-state index contributed by atoms with van der Waals surface area (Å²) in [6.07, 6.45) is 9.96. The van der Waals surface area contributed by atoms with Crippen LogP contribution >= 0.6 is 0 Å². The van der Waals surface area contributed by atoms with Crippen LogP contribution in [0.25, 0.3) is 22.2 Å². The lowest BCUT2D eigenvalue weighted by atomic mass is 9.79. The molecule has 3 aromatic heterocycles. The zero-order valence-electron chi connectivity index (χ0n) is 21.6. The molecule has 0 spiro atoms. The first-order chi connectivity index (χ1) is 18.2. The van der Waals surface area contributed by atoms with Crippen LogP contribution in [0.1, 0.15) is 67.4 Å². The number of amides is 1. The Kier molecular flexibility index (Phi) is 7.04. The van der Waals surface area contributed by atoms with Crippen LogP contribution in [-0.4, -0.2) is 36.5 Å². The highest BCUT2D eigenvalue weighted by Crippen LogP contribution is 2.38. The van der Waals surface area contributed by atoms with Gasteiger partial charge in [0.25, 0.3) is 5.91 Å². The third kappa shape index (κ3) is 4.94. The van der Waals surface area contributed by atoms with Crippen molar-refractivity contribution in [1.29, 1.82) is 4.78 Å². The molecule has 1 fully saturated rings. The van der Waals surface area contributed by atoms with Crippen LogP contribution in [0.5, 0.6) is 0 Å². The lowest BCUT2D eigenvalue weighted by Crippen LogP contribution is -2.36. The molecule has 0 radical (unpaired) electrons. The largest absolute Gasteiger partial charge is 0.364 e. The van der Waals surface area contributed by atoms with Crippen LogP contribution in [0.15, 0.2) is 46.3 Å². The maximum absolute atomic E-state index is 15.9. The van der Waals surface area contributed by atoms with Crippen molar-refractivity contribution in [2.24, 2.45) is 11.8 Å². The molecule has 11 heteroatoms. The third-order valence-corrected chi connectivity index (χ3v) is 8.63. The van der Waals surface area contributed by atoms with E-state index >= 15 is 4.39 Å². The third-order valence-electron chi connectivity index (χ3n) is 7.44. The highest BCUT2D eigenvalue weighted by atomic mass is 32.2. The van der Waals surface area contributed by atoms with E-state index in [1.807, 2.05) is 6.92 Å². The number of nitrogens with zero attached hydrogens (tertiary/aromatic N) is 3. The highest BCUT2D eigenvalue weighted by molar-refractivity contribution is 7.91. The molecule has 9 nitrogen and oxygen atoms in total. The summed E-state index contributed by atoms with van der Waals surface area (Å²) in [5, 5.41) is 7.04. The Labute approximate surface area is 220 Å². The smallest absolute Gasteiger partial charge is 0.257 e. The van der Waals surface area contributed by atoms with Gasteiger partial charge in [0.05, 0.1) is 31.9 Å². The van der Waals surface area contributed by atoms with Gasteiger partial charge in [0.15, 0.2) is 5.82 Å². The van der Waals surface area contributed by atoms with E-state index in [2.05, 4.69) is 32.3 Å². The molecule has 200 valence electrons. The van der Waals surface area contributed by atoms with Crippen LogP contribution < -0.4 is 5.32 Å². The van der Waals surface area contributed by atoms with Gasteiger partial charge in [-0.25, -0.2) is 18.4 Å². The van der Waals surface area contributed by atoms with Crippen molar-refractivity contribution in [2.75, 3.05) is 6.26 Å². The summed E-state index contributed by atoms with van der Waals surface area (Å²) in [5.74, 6) is 0.312. The zero-order valence-corrected chi connectivity index (χ0v) is 22.4. The molecule has 5 rings (SSSR count). The van der Waals surface area contributed by atoms with Gasteiger partial charge in [0.2, 0.25) is 0 Å². The molecule has 1 unspecified atom stereocenters. The van der Waals surface area contributed by atoms with Gasteiger partial charge in [-0.2, -0.15) is 0 Å². The van der Waals surface area contributed by atoms with Gasteiger partial charge in [-0.15, -0.1) is 0 Å². The molecule has 3 heterocycles. The molecule has 1 aliphatic carbocycles. The van der Waals surface area contributed by atoms with Crippen LogP contribution in [0.2, 0.25) is 0 Å². The number of imidazole rings is 1. The number of aromatic amines is 1. The molecule has 1 saturated carbocycles. The van der Waals surface area contributed by atoms with Crippen molar-refractivity contribution in [3.63, 3.8) is 0 Å². The molecule has 38 heavy (non-hydrogen) atoms. The predicted molar refractivity (Wildman–Crippen MR) is 142 cm³/mol. The number of H-pyrrole nitrogens is 1. The fraction of sp³-hybridized carbons (Fsp3) is 0.407. The normalized spacial score (nSPS) is 20.2. The number of rotatable bonds is 7. The van der Waals surface area contributed by atoms with Gasteiger partial charge in [0.1, 0.15) is 23.2 Å². The van der Waals surface area contributed by atoms with Crippen LogP contribution in [0.3, 0.4) is 0 Å².